The third kappa shape index (κ3) is 5.24. The SMILES string of the molecule is CCC1(CCCOC=C(C)C)CCS(=O)CC1. The summed E-state index contributed by atoms with van der Waals surface area (Å²) in [4.78, 5) is 0. The fourth-order valence-electron chi connectivity index (χ4n) is 2.42. The molecule has 0 saturated carbocycles. The molecule has 1 rings (SSSR count). The van der Waals surface area contributed by atoms with Gasteiger partial charge in [0.15, 0.2) is 0 Å². The van der Waals surface area contributed by atoms with Gasteiger partial charge in [-0.2, -0.15) is 0 Å². The van der Waals surface area contributed by atoms with Crippen LogP contribution in [-0.4, -0.2) is 22.3 Å². The van der Waals surface area contributed by atoms with Gasteiger partial charge in [0.2, 0.25) is 0 Å². The van der Waals surface area contributed by atoms with Crippen LogP contribution in [0.5, 0.6) is 0 Å². The van der Waals surface area contributed by atoms with Crippen molar-refractivity contribution in [2.45, 2.75) is 52.9 Å². The van der Waals surface area contributed by atoms with Gasteiger partial charge in [-0.15, -0.1) is 0 Å². The molecule has 17 heavy (non-hydrogen) atoms. The van der Waals surface area contributed by atoms with E-state index in [9.17, 15) is 4.21 Å². The van der Waals surface area contributed by atoms with Crippen LogP contribution in [0, 0.1) is 5.41 Å². The Bertz CT molecular complexity index is 270. The zero-order chi connectivity index (χ0) is 12.7. The minimum absolute atomic E-state index is 0.447. The van der Waals surface area contributed by atoms with Crippen molar-refractivity contribution >= 4 is 10.8 Å². The van der Waals surface area contributed by atoms with Crippen molar-refractivity contribution in [2.24, 2.45) is 5.41 Å². The first-order valence-corrected chi connectivity index (χ1v) is 8.17. The van der Waals surface area contributed by atoms with E-state index in [0.29, 0.717) is 5.41 Å². The van der Waals surface area contributed by atoms with Crippen LogP contribution in [-0.2, 0) is 15.5 Å². The van der Waals surface area contributed by atoms with Crippen LogP contribution in [0.4, 0.5) is 0 Å². The van der Waals surface area contributed by atoms with E-state index in [4.69, 9.17) is 4.74 Å². The zero-order valence-electron chi connectivity index (χ0n) is 11.5. The normalized spacial score (nSPS) is 28.8. The van der Waals surface area contributed by atoms with Crippen LogP contribution in [0.3, 0.4) is 0 Å². The molecule has 0 aromatic rings. The fraction of sp³-hybridized carbons (Fsp3) is 0.857. The Morgan fingerprint density at radius 2 is 2.00 bits per heavy atom. The third-order valence-corrected chi connectivity index (χ3v) is 5.08. The van der Waals surface area contributed by atoms with E-state index >= 15 is 0 Å². The van der Waals surface area contributed by atoms with Crippen molar-refractivity contribution < 1.29 is 8.95 Å². The average Bonchev–Trinajstić information content (AvgIpc) is 2.31. The molecular formula is C14H26O2S. The summed E-state index contributed by atoms with van der Waals surface area (Å²) in [7, 11) is -0.544. The van der Waals surface area contributed by atoms with Crippen LogP contribution in [0.1, 0.15) is 52.9 Å². The maximum Gasteiger partial charge on any atom is 0.0873 e. The second-order valence-electron chi connectivity index (χ2n) is 5.37. The molecule has 1 saturated heterocycles. The molecule has 0 aliphatic carbocycles. The van der Waals surface area contributed by atoms with Gasteiger partial charge in [-0.25, -0.2) is 0 Å². The Kier molecular flexibility index (Phi) is 6.24. The summed E-state index contributed by atoms with van der Waals surface area (Å²) in [5.74, 6) is 1.81. The van der Waals surface area contributed by atoms with E-state index in [2.05, 4.69) is 6.92 Å². The van der Waals surface area contributed by atoms with Crippen molar-refractivity contribution in [1.29, 1.82) is 0 Å². The molecule has 2 nitrogen and oxygen atoms in total. The molecule has 0 radical (unpaired) electrons. The highest BCUT2D eigenvalue weighted by molar-refractivity contribution is 7.85. The van der Waals surface area contributed by atoms with Crippen LogP contribution in [0.2, 0.25) is 0 Å². The zero-order valence-corrected chi connectivity index (χ0v) is 12.3. The Balaban J connectivity index is 2.27. The molecule has 100 valence electrons. The number of ether oxygens (including phenoxy) is 1. The maximum absolute atomic E-state index is 11.4. The van der Waals surface area contributed by atoms with Crippen LogP contribution < -0.4 is 0 Å². The molecule has 1 aliphatic rings. The molecule has 0 amide bonds. The van der Waals surface area contributed by atoms with Gasteiger partial charge in [-0.1, -0.05) is 13.3 Å². The largest absolute Gasteiger partial charge is 0.501 e. The monoisotopic (exact) mass is 258 g/mol. The number of hydrogen-bond acceptors (Lipinski definition) is 2. The Labute approximate surface area is 108 Å². The summed E-state index contributed by atoms with van der Waals surface area (Å²) < 4.78 is 16.9. The Hall–Kier alpha value is -0.310. The van der Waals surface area contributed by atoms with Crippen molar-refractivity contribution in [3.8, 4) is 0 Å². The second-order valence-corrected chi connectivity index (χ2v) is 7.07. The van der Waals surface area contributed by atoms with E-state index < -0.39 is 10.8 Å². The lowest BCUT2D eigenvalue weighted by molar-refractivity contribution is 0.176. The first-order valence-electron chi connectivity index (χ1n) is 6.68. The highest BCUT2D eigenvalue weighted by Crippen LogP contribution is 2.39. The molecule has 0 N–H and O–H groups in total. The quantitative estimate of drug-likeness (QED) is 0.537. The average molecular weight is 258 g/mol. The number of rotatable bonds is 6. The van der Waals surface area contributed by atoms with Crippen molar-refractivity contribution in [1.82, 2.24) is 0 Å². The maximum atomic E-state index is 11.4. The standard InChI is InChI=1S/C14H26O2S/c1-4-14(7-10-17(15)11-8-14)6-5-9-16-12-13(2)3/h12H,4-11H2,1-3H3. The predicted molar refractivity (Wildman–Crippen MR) is 74.5 cm³/mol. The number of hydrogen-bond donors (Lipinski definition) is 0. The molecule has 0 bridgehead atoms. The molecular weight excluding hydrogens is 232 g/mol. The van der Waals surface area contributed by atoms with Crippen molar-refractivity contribution in [2.75, 3.05) is 18.1 Å². The molecule has 0 spiro atoms. The molecule has 1 aliphatic heterocycles. The first-order chi connectivity index (χ1) is 8.08. The summed E-state index contributed by atoms with van der Waals surface area (Å²) in [5.41, 5.74) is 1.66. The minimum atomic E-state index is -0.544. The second kappa shape index (κ2) is 7.20. The van der Waals surface area contributed by atoms with Crippen LogP contribution in [0.25, 0.3) is 0 Å². The van der Waals surface area contributed by atoms with E-state index in [1.54, 1.807) is 0 Å². The summed E-state index contributed by atoms with van der Waals surface area (Å²) in [6, 6.07) is 0. The molecule has 0 aromatic carbocycles. The van der Waals surface area contributed by atoms with Crippen molar-refractivity contribution in [3.63, 3.8) is 0 Å². The summed E-state index contributed by atoms with van der Waals surface area (Å²) in [5, 5.41) is 0. The van der Waals surface area contributed by atoms with Gasteiger partial charge in [0.25, 0.3) is 0 Å². The van der Waals surface area contributed by atoms with E-state index in [-0.39, 0.29) is 0 Å². The van der Waals surface area contributed by atoms with Crippen LogP contribution in [0.15, 0.2) is 11.8 Å². The molecule has 1 fully saturated rings. The Morgan fingerprint density at radius 3 is 2.53 bits per heavy atom. The lowest BCUT2D eigenvalue weighted by Crippen LogP contribution is -2.30. The van der Waals surface area contributed by atoms with Gasteiger partial charge in [0, 0.05) is 22.3 Å². The Morgan fingerprint density at radius 1 is 1.35 bits per heavy atom. The smallest absolute Gasteiger partial charge is 0.0873 e. The minimum Gasteiger partial charge on any atom is -0.501 e. The molecule has 0 atom stereocenters. The molecule has 1 heterocycles. The summed E-state index contributed by atoms with van der Waals surface area (Å²) >= 11 is 0. The molecule has 0 aromatic heterocycles. The highest BCUT2D eigenvalue weighted by atomic mass is 32.2. The third-order valence-electron chi connectivity index (χ3n) is 3.76. The summed E-state index contributed by atoms with van der Waals surface area (Å²) in [6.45, 7) is 7.18. The van der Waals surface area contributed by atoms with Gasteiger partial charge in [-0.3, -0.25) is 4.21 Å². The summed E-state index contributed by atoms with van der Waals surface area (Å²) in [6.07, 6.45) is 7.67. The topological polar surface area (TPSA) is 26.3 Å². The van der Waals surface area contributed by atoms with Gasteiger partial charge < -0.3 is 4.74 Å². The first kappa shape index (κ1) is 14.7. The van der Waals surface area contributed by atoms with E-state index in [1.165, 1.54) is 18.4 Å². The molecule has 0 unspecified atom stereocenters. The molecule has 3 heteroatoms. The van der Waals surface area contributed by atoms with E-state index in [0.717, 1.165) is 37.4 Å². The van der Waals surface area contributed by atoms with Gasteiger partial charge in [-0.05, 0) is 50.5 Å². The van der Waals surface area contributed by atoms with E-state index in [1.807, 2.05) is 20.1 Å². The van der Waals surface area contributed by atoms with Crippen LogP contribution >= 0.6 is 0 Å². The number of allylic oxidation sites excluding steroid dienone is 1. The fourth-order valence-corrected chi connectivity index (χ4v) is 3.95. The van der Waals surface area contributed by atoms with Gasteiger partial charge >= 0.3 is 0 Å². The van der Waals surface area contributed by atoms with Gasteiger partial charge in [0.05, 0.1) is 12.9 Å². The van der Waals surface area contributed by atoms with Gasteiger partial charge in [0.1, 0.15) is 0 Å². The predicted octanol–water partition coefficient (Wildman–Crippen LogP) is 3.65. The lowest BCUT2D eigenvalue weighted by atomic mass is 9.76. The highest BCUT2D eigenvalue weighted by Gasteiger charge is 2.31. The van der Waals surface area contributed by atoms with Crippen molar-refractivity contribution in [3.05, 3.63) is 11.8 Å². The lowest BCUT2D eigenvalue weighted by Gasteiger charge is -2.36.